The van der Waals surface area contributed by atoms with Gasteiger partial charge in [-0.15, -0.1) is 0 Å². The summed E-state index contributed by atoms with van der Waals surface area (Å²) in [6.45, 7) is 11.0. The molecule has 0 unspecified atom stereocenters. The van der Waals surface area contributed by atoms with Crippen molar-refractivity contribution < 1.29 is 4.79 Å². The summed E-state index contributed by atoms with van der Waals surface area (Å²) in [5, 5.41) is 3.32. The second-order valence-corrected chi connectivity index (χ2v) is 5.68. The van der Waals surface area contributed by atoms with Crippen LogP contribution in [0.2, 0.25) is 0 Å². The van der Waals surface area contributed by atoms with Gasteiger partial charge in [-0.2, -0.15) is 0 Å². The third kappa shape index (κ3) is 3.76. The average molecular weight is 289 g/mol. The lowest BCUT2D eigenvalue weighted by molar-refractivity contribution is 0.0656. The molecule has 1 heterocycles. The number of hydrogen-bond donors (Lipinski definition) is 1. The fraction of sp³-hybridized carbons (Fsp3) is 0.588. The minimum atomic E-state index is 0.147. The zero-order valence-corrected chi connectivity index (χ0v) is 13.4. The van der Waals surface area contributed by atoms with E-state index in [1.165, 1.54) is 5.69 Å². The van der Waals surface area contributed by atoms with Gasteiger partial charge in [0.25, 0.3) is 5.91 Å². The fourth-order valence-corrected chi connectivity index (χ4v) is 2.86. The summed E-state index contributed by atoms with van der Waals surface area (Å²) in [7, 11) is 0. The van der Waals surface area contributed by atoms with Crippen LogP contribution in [-0.4, -0.2) is 49.6 Å². The summed E-state index contributed by atoms with van der Waals surface area (Å²) in [6.07, 6.45) is 1.13. The average Bonchev–Trinajstić information content (AvgIpc) is 2.52. The Kier molecular flexibility index (Phi) is 5.62. The molecule has 0 bridgehead atoms. The van der Waals surface area contributed by atoms with E-state index >= 15 is 0 Å². The second kappa shape index (κ2) is 7.46. The van der Waals surface area contributed by atoms with Crippen molar-refractivity contribution in [3.8, 4) is 0 Å². The monoisotopic (exact) mass is 289 g/mol. The third-order valence-corrected chi connectivity index (χ3v) is 4.12. The predicted octanol–water partition coefficient (Wildman–Crippen LogP) is 2.36. The maximum atomic E-state index is 12.6. The lowest BCUT2D eigenvalue weighted by Crippen LogP contribution is -2.52. The van der Waals surface area contributed by atoms with Crippen LogP contribution in [-0.2, 0) is 0 Å². The molecule has 116 valence electrons. The molecule has 0 aliphatic carbocycles. The van der Waals surface area contributed by atoms with Crippen LogP contribution in [0.15, 0.2) is 24.3 Å². The predicted molar refractivity (Wildman–Crippen MR) is 88.0 cm³/mol. The van der Waals surface area contributed by atoms with Crippen molar-refractivity contribution in [2.75, 3.05) is 37.6 Å². The van der Waals surface area contributed by atoms with Gasteiger partial charge in [-0.25, -0.2) is 0 Å². The molecular weight excluding hydrogens is 262 g/mol. The number of rotatable bonds is 5. The Labute approximate surface area is 128 Å². The van der Waals surface area contributed by atoms with Crippen molar-refractivity contribution in [1.82, 2.24) is 10.2 Å². The molecule has 1 atom stereocenters. The number of carbonyl (C=O) groups is 1. The lowest BCUT2D eigenvalue weighted by Gasteiger charge is -2.34. The summed E-state index contributed by atoms with van der Waals surface area (Å²) in [5.41, 5.74) is 1.99. The van der Waals surface area contributed by atoms with Gasteiger partial charge in [0.2, 0.25) is 0 Å². The Balaban J connectivity index is 2.09. The second-order valence-electron chi connectivity index (χ2n) is 5.68. The minimum absolute atomic E-state index is 0.147. The molecule has 1 aromatic carbocycles. The summed E-state index contributed by atoms with van der Waals surface area (Å²) < 4.78 is 0. The first-order chi connectivity index (χ1) is 10.2. The Morgan fingerprint density at radius 1 is 1.33 bits per heavy atom. The van der Waals surface area contributed by atoms with Gasteiger partial charge in [0, 0.05) is 50.0 Å². The highest BCUT2D eigenvalue weighted by Crippen LogP contribution is 2.17. The number of amides is 1. The maximum absolute atomic E-state index is 12.6. The molecule has 1 amide bonds. The van der Waals surface area contributed by atoms with Crippen LogP contribution in [0, 0.1) is 0 Å². The molecule has 0 aromatic heterocycles. The molecule has 1 fully saturated rings. The fourth-order valence-electron chi connectivity index (χ4n) is 2.86. The highest BCUT2D eigenvalue weighted by Gasteiger charge is 2.23. The van der Waals surface area contributed by atoms with Crippen LogP contribution in [0.1, 0.15) is 37.6 Å². The first kappa shape index (κ1) is 15.8. The SMILES string of the molecule is CCCN(CC)c1ccc(C(=O)N2CCNC[C@@H]2C)cc1. The highest BCUT2D eigenvalue weighted by atomic mass is 16.2. The van der Waals surface area contributed by atoms with E-state index in [1.54, 1.807) is 0 Å². The van der Waals surface area contributed by atoms with E-state index in [1.807, 2.05) is 17.0 Å². The molecular formula is C17H27N3O. The zero-order valence-electron chi connectivity index (χ0n) is 13.4. The van der Waals surface area contributed by atoms with Crippen molar-refractivity contribution in [3.63, 3.8) is 0 Å². The molecule has 4 nitrogen and oxygen atoms in total. The number of hydrogen-bond acceptors (Lipinski definition) is 3. The summed E-state index contributed by atoms with van der Waals surface area (Å²) >= 11 is 0. The van der Waals surface area contributed by atoms with Gasteiger partial charge in [0.15, 0.2) is 0 Å². The van der Waals surface area contributed by atoms with Crippen LogP contribution in [0.3, 0.4) is 0 Å². The van der Waals surface area contributed by atoms with Crippen LogP contribution in [0.25, 0.3) is 0 Å². The van der Waals surface area contributed by atoms with Crippen LogP contribution >= 0.6 is 0 Å². The van der Waals surface area contributed by atoms with Crippen LogP contribution < -0.4 is 10.2 Å². The van der Waals surface area contributed by atoms with E-state index in [9.17, 15) is 4.79 Å². The molecule has 0 saturated carbocycles. The van der Waals surface area contributed by atoms with Gasteiger partial charge in [0.05, 0.1) is 0 Å². The Bertz CT molecular complexity index is 458. The number of piperazine rings is 1. The smallest absolute Gasteiger partial charge is 0.254 e. The summed E-state index contributed by atoms with van der Waals surface area (Å²) in [4.78, 5) is 16.9. The molecule has 4 heteroatoms. The van der Waals surface area contributed by atoms with Crippen molar-refractivity contribution in [1.29, 1.82) is 0 Å². The number of anilines is 1. The van der Waals surface area contributed by atoms with Gasteiger partial charge in [-0.05, 0) is 44.5 Å². The first-order valence-electron chi connectivity index (χ1n) is 8.04. The van der Waals surface area contributed by atoms with E-state index < -0.39 is 0 Å². The Hall–Kier alpha value is -1.55. The third-order valence-electron chi connectivity index (χ3n) is 4.12. The highest BCUT2D eigenvalue weighted by molar-refractivity contribution is 5.94. The lowest BCUT2D eigenvalue weighted by atomic mass is 10.1. The van der Waals surface area contributed by atoms with E-state index in [0.717, 1.165) is 44.7 Å². The molecule has 1 aromatic rings. The standard InChI is InChI=1S/C17H27N3O/c1-4-11-19(5-2)16-8-6-15(7-9-16)17(21)20-12-10-18-13-14(20)3/h6-9,14,18H,4-5,10-13H2,1-3H3/t14-/m0/s1. The van der Waals surface area contributed by atoms with E-state index in [0.29, 0.717) is 0 Å². The summed E-state index contributed by atoms with van der Waals surface area (Å²) in [5.74, 6) is 0.147. The first-order valence-corrected chi connectivity index (χ1v) is 8.04. The minimum Gasteiger partial charge on any atom is -0.372 e. The Morgan fingerprint density at radius 2 is 2.05 bits per heavy atom. The Morgan fingerprint density at radius 3 is 2.62 bits per heavy atom. The molecule has 1 aliphatic heterocycles. The number of carbonyl (C=O) groups excluding carboxylic acids is 1. The van der Waals surface area contributed by atoms with Crippen molar-refractivity contribution in [2.45, 2.75) is 33.2 Å². The number of benzene rings is 1. The molecule has 0 radical (unpaired) electrons. The molecule has 1 saturated heterocycles. The number of nitrogens with one attached hydrogen (secondary N) is 1. The largest absolute Gasteiger partial charge is 0.372 e. The summed E-state index contributed by atoms with van der Waals surface area (Å²) in [6, 6.07) is 8.33. The molecule has 21 heavy (non-hydrogen) atoms. The van der Waals surface area contributed by atoms with Crippen molar-refractivity contribution in [3.05, 3.63) is 29.8 Å². The normalized spacial score (nSPS) is 18.6. The van der Waals surface area contributed by atoms with Gasteiger partial charge in [-0.1, -0.05) is 6.92 Å². The topological polar surface area (TPSA) is 35.6 Å². The van der Waals surface area contributed by atoms with Gasteiger partial charge in [-0.3, -0.25) is 4.79 Å². The molecule has 1 aliphatic rings. The van der Waals surface area contributed by atoms with Gasteiger partial charge >= 0.3 is 0 Å². The zero-order chi connectivity index (χ0) is 15.2. The maximum Gasteiger partial charge on any atom is 0.254 e. The van der Waals surface area contributed by atoms with Gasteiger partial charge < -0.3 is 15.1 Å². The molecule has 1 N–H and O–H groups in total. The van der Waals surface area contributed by atoms with Crippen LogP contribution in [0.5, 0.6) is 0 Å². The van der Waals surface area contributed by atoms with Gasteiger partial charge in [0.1, 0.15) is 0 Å². The van der Waals surface area contributed by atoms with E-state index in [4.69, 9.17) is 0 Å². The number of nitrogens with zero attached hydrogens (tertiary/aromatic N) is 2. The van der Waals surface area contributed by atoms with E-state index in [2.05, 4.69) is 43.1 Å². The molecule has 0 spiro atoms. The van der Waals surface area contributed by atoms with Crippen molar-refractivity contribution in [2.24, 2.45) is 0 Å². The van der Waals surface area contributed by atoms with E-state index in [-0.39, 0.29) is 11.9 Å². The quantitative estimate of drug-likeness (QED) is 0.904. The molecule has 2 rings (SSSR count). The van der Waals surface area contributed by atoms with Crippen molar-refractivity contribution >= 4 is 11.6 Å². The van der Waals surface area contributed by atoms with Crippen LogP contribution in [0.4, 0.5) is 5.69 Å².